The minimum absolute atomic E-state index is 0.443. The summed E-state index contributed by atoms with van der Waals surface area (Å²) in [5.74, 6) is 0.213. The van der Waals surface area contributed by atoms with E-state index in [1.54, 1.807) is 12.1 Å². The van der Waals surface area contributed by atoms with Crippen LogP contribution in [0.5, 0.6) is 0 Å². The maximum Gasteiger partial charge on any atom is 0.250 e. The number of carbonyl (C=O) groups is 1. The number of nitrogens with zero attached hydrogens (tertiary/aromatic N) is 1. The van der Waals surface area contributed by atoms with Crippen LogP contribution in [0.3, 0.4) is 0 Å². The zero-order valence-corrected chi connectivity index (χ0v) is 16.5. The van der Waals surface area contributed by atoms with Gasteiger partial charge in [-0.2, -0.15) is 0 Å². The van der Waals surface area contributed by atoms with Gasteiger partial charge in [0.1, 0.15) is 5.52 Å². The molecule has 0 bridgehead atoms. The van der Waals surface area contributed by atoms with Crippen LogP contribution in [0.2, 0.25) is 0 Å². The Balaban J connectivity index is 0. The number of hydrogen-bond donors (Lipinski definition) is 3. The number of primary amides is 1. The standard InChI is InChI=1S/C11H14N4O.2C3H8.C2H6/c1-2-6-13-11-14-8-5-3-4-7(10(12)16)9(8)15-11;2*1-3-2;1-2/h3-5H,2,6H2,1H3,(H2,12,16)(H2,13,14,15);2*3H2,1-2H3;1-2H3. The molecule has 0 aliphatic heterocycles. The molecule has 1 amide bonds. The Kier molecular flexibility index (Phi) is 16.0. The van der Waals surface area contributed by atoms with E-state index < -0.39 is 5.91 Å². The summed E-state index contributed by atoms with van der Waals surface area (Å²) < 4.78 is 0. The highest BCUT2D eigenvalue weighted by atomic mass is 16.1. The second kappa shape index (κ2) is 15.8. The number of carbonyl (C=O) groups excluding carboxylic acids is 1. The molecular formula is C19H36N4O. The monoisotopic (exact) mass is 336 g/mol. The second-order valence-corrected chi connectivity index (χ2v) is 4.99. The molecule has 24 heavy (non-hydrogen) atoms. The normalized spacial score (nSPS) is 8.79. The molecule has 0 radical (unpaired) electrons. The number of fused-ring (bicyclic) bond motifs is 1. The topological polar surface area (TPSA) is 83.8 Å². The van der Waals surface area contributed by atoms with Crippen LogP contribution >= 0.6 is 0 Å². The highest BCUT2D eigenvalue weighted by Gasteiger charge is 2.10. The third-order valence-electron chi connectivity index (χ3n) is 2.32. The molecule has 0 fully saturated rings. The number of anilines is 1. The fourth-order valence-corrected chi connectivity index (χ4v) is 1.56. The molecule has 0 saturated carbocycles. The molecule has 0 unspecified atom stereocenters. The molecule has 0 atom stereocenters. The summed E-state index contributed by atoms with van der Waals surface area (Å²) in [7, 11) is 0. The van der Waals surface area contributed by atoms with Crippen LogP contribution < -0.4 is 11.1 Å². The van der Waals surface area contributed by atoms with Gasteiger partial charge in [0.05, 0.1) is 11.1 Å². The van der Waals surface area contributed by atoms with Crippen LogP contribution in [-0.4, -0.2) is 22.4 Å². The first-order chi connectivity index (χ1) is 11.5. The van der Waals surface area contributed by atoms with Crippen molar-refractivity contribution < 1.29 is 4.79 Å². The molecule has 4 N–H and O–H groups in total. The van der Waals surface area contributed by atoms with Crippen LogP contribution in [0.15, 0.2) is 18.2 Å². The molecule has 0 aliphatic carbocycles. The van der Waals surface area contributed by atoms with Crippen LogP contribution in [0.4, 0.5) is 5.95 Å². The van der Waals surface area contributed by atoms with E-state index in [0.717, 1.165) is 18.5 Å². The number of aromatic nitrogens is 2. The van der Waals surface area contributed by atoms with Crippen molar-refractivity contribution in [3.63, 3.8) is 0 Å². The number of hydrogen-bond acceptors (Lipinski definition) is 3. The van der Waals surface area contributed by atoms with Crippen molar-refractivity contribution in [3.8, 4) is 0 Å². The first kappa shape index (κ1) is 24.2. The van der Waals surface area contributed by atoms with Gasteiger partial charge in [0, 0.05) is 6.54 Å². The van der Waals surface area contributed by atoms with Crippen LogP contribution in [0.1, 0.15) is 78.1 Å². The van der Waals surface area contributed by atoms with E-state index >= 15 is 0 Å². The van der Waals surface area contributed by atoms with Gasteiger partial charge < -0.3 is 16.0 Å². The van der Waals surface area contributed by atoms with E-state index in [0.29, 0.717) is 17.0 Å². The van der Waals surface area contributed by atoms with E-state index in [-0.39, 0.29) is 0 Å². The van der Waals surface area contributed by atoms with Gasteiger partial charge in [-0.1, -0.05) is 67.4 Å². The number of benzene rings is 1. The van der Waals surface area contributed by atoms with Crippen molar-refractivity contribution >= 4 is 22.9 Å². The zero-order chi connectivity index (χ0) is 19.0. The molecule has 5 nitrogen and oxygen atoms in total. The molecule has 0 saturated heterocycles. The lowest BCUT2D eigenvalue weighted by molar-refractivity contribution is 0.100. The number of amides is 1. The van der Waals surface area contributed by atoms with Gasteiger partial charge in [-0.15, -0.1) is 0 Å². The van der Waals surface area contributed by atoms with E-state index in [9.17, 15) is 4.79 Å². The maximum atomic E-state index is 11.2. The number of aromatic amines is 1. The maximum absolute atomic E-state index is 11.2. The zero-order valence-electron chi connectivity index (χ0n) is 16.5. The highest BCUT2D eigenvalue weighted by Crippen LogP contribution is 2.18. The van der Waals surface area contributed by atoms with Gasteiger partial charge in [0.2, 0.25) is 5.95 Å². The quantitative estimate of drug-likeness (QED) is 0.704. The Bertz CT molecular complexity index is 547. The first-order valence-electron chi connectivity index (χ1n) is 9.07. The van der Waals surface area contributed by atoms with Gasteiger partial charge in [-0.3, -0.25) is 4.79 Å². The van der Waals surface area contributed by atoms with Crippen molar-refractivity contribution in [2.24, 2.45) is 5.73 Å². The lowest BCUT2D eigenvalue weighted by atomic mass is 10.2. The van der Waals surface area contributed by atoms with Gasteiger partial charge in [0.15, 0.2) is 0 Å². The highest BCUT2D eigenvalue weighted by molar-refractivity contribution is 6.04. The van der Waals surface area contributed by atoms with Crippen molar-refractivity contribution in [2.75, 3.05) is 11.9 Å². The Hall–Kier alpha value is -2.04. The minimum atomic E-state index is -0.459. The molecule has 2 rings (SSSR count). The van der Waals surface area contributed by atoms with E-state index in [2.05, 4.69) is 49.9 Å². The Morgan fingerprint density at radius 3 is 2.12 bits per heavy atom. The Morgan fingerprint density at radius 1 is 1.12 bits per heavy atom. The SMILES string of the molecule is CC.CCC.CCC.CCCNc1nc2c(C(N)=O)cccc2[nH]1. The van der Waals surface area contributed by atoms with Crippen LogP contribution in [-0.2, 0) is 0 Å². The lowest BCUT2D eigenvalue weighted by Gasteiger charge is -1.97. The second-order valence-electron chi connectivity index (χ2n) is 4.99. The fourth-order valence-electron chi connectivity index (χ4n) is 1.56. The van der Waals surface area contributed by atoms with E-state index in [4.69, 9.17) is 5.73 Å². The number of nitrogens with two attached hydrogens (primary N) is 1. The summed E-state index contributed by atoms with van der Waals surface area (Å²) in [4.78, 5) is 18.6. The Morgan fingerprint density at radius 2 is 1.67 bits per heavy atom. The summed E-state index contributed by atoms with van der Waals surface area (Å²) in [5, 5.41) is 3.13. The largest absolute Gasteiger partial charge is 0.366 e. The molecule has 138 valence electrons. The van der Waals surface area contributed by atoms with Crippen LogP contribution in [0.25, 0.3) is 11.0 Å². The smallest absolute Gasteiger partial charge is 0.250 e. The Labute approximate surface area is 147 Å². The first-order valence-corrected chi connectivity index (χ1v) is 9.07. The molecular weight excluding hydrogens is 300 g/mol. The van der Waals surface area contributed by atoms with Gasteiger partial charge >= 0.3 is 0 Å². The molecule has 0 spiro atoms. The number of nitrogens with one attached hydrogen (secondary N) is 2. The third-order valence-corrected chi connectivity index (χ3v) is 2.32. The number of para-hydroxylation sites is 1. The molecule has 0 aliphatic rings. The number of rotatable bonds is 4. The van der Waals surface area contributed by atoms with Gasteiger partial charge in [0.25, 0.3) is 5.91 Å². The molecule has 1 aromatic carbocycles. The summed E-state index contributed by atoms with van der Waals surface area (Å²) in [5.41, 5.74) is 7.15. The van der Waals surface area contributed by atoms with Crippen molar-refractivity contribution in [1.29, 1.82) is 0 Å². The predicted molar refractivity (Wildman–Crippen MR) is 107 cm³/mol. The number of H-pyrrole nitrogens is 1. The number of imidazole rings is 1. The molecule has 5 heteroatoms. The molecule has 2 aromatic rings. The summed E-state index contributed by atoms with van der Waals surface area (Å²) in [6.45, 7) is 15.4. The predicted octanol–water partition coefficient (Wildman–Crippen LogP) is 5.34. The van der Waals surface area contributed by atoms with Crippen LogP contribution in [0, 0.1) is 0 Å². The lowest BCUT2D eigenvalue weighted by Crippen LogP contribution is -2.11. The average molecular weight is 337 g/mol. The summed E-state index contributed by atoms with van der Waals surface area (Å²) >= 11 is 0. The van der Waals surface area contributed by atoms with Crippen molar-refractivity contribution in [1.82, 2.24) is 9.97 Å². The summed E-state index contributed by atoms with van der Waals surface area (Å²) in [6.07, 6.45) is 3.51. The average Bonchev–Trinajstić information content (AvgIpc) is 2.99. The summed E-state index contributed by atoms with van der Waals surface area (Å²) in [6, 6.07) is 5.32. The van der Waals surface area contributed by atoms with Crippen molar-refractivity contribution in [2.45, 2.75) is 67.7 Å². The van der Waals surface area contributed by atoms with E-state index in [1.165, 1.54) is 12.8 Å². The third kappa shape index (κ3) is 9.18. The molecule has 1 heterocycles. The van der Waals surface area contributed by atoms with E-state index in [1.807, 2.05) is 19.9 Å². The fraction of sp³-hybridized carbons (Fsp3) is 0.579. The van der Waals surface area contributed by atoms with Crippen molar-refractivity contribution in [3.05, 3.63) is 23.8 Å². The molecule has 1 aromatic heterocycles. The minimum Gasteiger partial charge on any atom is -0.366 e. The van der Waals surface area contributed by atoms with Gasteiger partial charge in [-0.25, -0.2) is 4.98 Å². The van der Waals surface area contributed by atoms with Gasteiger partial charge in [-0.05, 0) is 18.6 Å².